The van der Waals surface area contributed by atoms with Gasteiger partial charge in [0.1, 0.15) is 0 Å². The number of benzene rings is 11. The van der Waals surface area contributed by atoms with Crippen LogP contribution in [0.4, 0.5) is 0 Å². The molecule has 0 atom stereocenters. The predicted molar refractivity (Wildman–Crippen MR) is 241 cm³/mol. The summed E-state index contributed by atoms with van der Waals surface area (Å²) in [5, 5.41) is 13.0. The molecule has 11 aromatic rings. The molecule has 11 aromatic carbocycles. The van der Waals surface area contributed by atoms with Gasteiger partial charge in [-0.15, -0.1) is 0 Å². The Labute approximate surface area is 330 Å². The third-order valence-corrected chi connectivity index (χ3v) is 13.2. The summed E-state index contributed by atoms with van der Waals surface area (Å²) >= 11 is 0. The van der Waals surface area contributed by atoms with Crippen molar-refractivity contribution in [2.24, 2.45) is 0 Å². The van der Waals surface area contributed by atoms with Gasteiger partial charge in [0.05, 0.1) is 5.41 Å². The summed E-state index contributed by atoms with van der Waals surface area (Å²) < 4.78 is 0. The number of rotatable bonds is 2. The molecule has 0 radical (unpaired) electrons. The Morgan fingerprint density at radius 1 is 0.246 bits per heavy atom. The average molecular weight is 719 g/mol. The van der Waals surface area contributed by atoms with Crippen LogP contribution in [-0.2, 0) is 5.41 Å². The van der Waals surface area contributed by atoms with Gasteiger partial charge in [-0.2, -0.15) is 0 Å². The van der Waals surface area contributed by atoms with E-state index in [0.29, 0.717) is 0 Å². The van der Waals surface area contributed by atoms with Crippen LogP contribution in [0.15, 0.2) is 206 Å². The molecule has 0 aliphatic heterocycles. The Bertz CT molecular complexity index is 3460. The lowest BCUT2D eigenvalue weighted by Gasteiger charge is -2.32. The van der Waals surface area contributed by atoms with Crippen LogP contribution in [-0.4, -0.2) is 0 Å². The Balaban J connectivity index is 1.08. The Kier molecular flexibility index (Phi) is 6.19. The van der Waals surface area contributed by atoms with Crippen LogP contribution < -0.4 is 0 Å². The average Bonchev–Trinajstić information content (AvgIpc) is 3.77. The maximum atomic E-state index is 2.46. The van der Waals surface area contributed by atoms with E-state index in [9.17, 15) is 0 Å². The van der Waals surface area contributed by atoms with Crippen LogP contribution in [0.2, 0.25) is 0 Å². The van der Waals surface area contributed by atoms with Crippen LogP contribution in [0.3, 0.4) is 0 Å². The fraction of sp³-hybridized carbons (Fsp3) is 0.0175. The number of fused-ring (bicyclic) bond motifs is 20. The Hall–Kier alpha value is -7.28. The van der Waals surface area contributed by atoms with Gasteiger partial charge in [0.25, 0.3) is 0 Å². The topological polar surface area (TPSA) is 0 Å². The third-order valence-electron chi connectivity index (χ3n) is 13.2. The molecule has 0 heterocycles. The minimum atomic E-state index is -0.448. The summed E-state index contributed by atoms with van der Waals surface area (Å²) in [5.41, 5.74) is 15.4. The van der Waals surface area contributed by atoms with Crippen LogP contribution in [0.25, 0.3) is 98.4 Å². The fourth-order valence-corrected chi connectivity index (χ4v) is 10.9. The smallest absolute Gasteiger partial charge is 0.0619 e. The van der Waals surface area contributed by atoms with E-state index in [1.807, 2.05) is 0 Å². The molecule has 2 aliphatic carbocycles. The molecule has 0 nitrogen and oxygen atoms in total. The van der Waals surface area contributed by atoms with Crippen molar-refractivity contribution in [3.63, 3.8) is 0 Å². The minimum absolute atomic E-state index is 0.448. The van der Waals surface area contributed by atoms with Gasteiger partial charge in [-0.3, -0.25) is 0 Å². The molecule has 1 spiro atoms. The van der Waals surface area contributed by atoms with Crippen molar-refractivity contribution in [2.75, 3.05) is 0 Å². The standard InChI is InChI=1S/C57H34/c1-4-16-41-36(13-1)30-32-53-54(41)55-47-22-8-7-19-44(47)50-33-38(29-31-48(50)56(55)57(53)51-23-11-9-20-45(51)46-21-10-12-24-52(46)57)35-25-27-37(28-26-35)49-34-39-14-2-3-15-40(39)42-17-5-6-18-43(42)49/h1-34H. The molecule has 0 bridgehead atoms. The molecular weight excluding hydrogens is 685 g/mol. The van der Waals surface area contributed by atoms with Gasteiger partial charge in [-0.1, -0.05) is 194 Å². The van der Waals surface area contributed by atoms with Crippen molar-refractivity contribution < 1.29 is 0 Å². The van der Waals surface area contributed by atoms with E-state index >= 15 is 0 Å². The van der Waals surface area contributed by atoms with Gasteiger partial charge in [0.2, 0.25) is 0 Å². The summed E-state index contributed by atoms with van der Waals surface area (Å²) in [6, 6.07) is 77.5. The molecule has 0 saturated carbocycles. The predicted octanol–water partition coefficient (Wildman–Crippen LogP) is 15.1. The van der Waals surface area contributed by atoms with E-state index in [0.717, 1.165) is 0 Å². The zero-order valence-electron chi connectivity index (χ0n) is 31.1. The maximum Gasteiger partial charge on any atom is 0.0732 e. The first kappa shape index (κ1) is 31.0. The molecule has 0 saturated heterocycles. The summed E-state index contributed by atoms with van der Waals surface area (Å²) in [7, 11) is 0. The minimum Gasteiger partial charge on any atom is -0.0619 e. The molecule has 2 aliphatic rings. The second kappa shape index (κ2) is 11.4. The van der Waals surface area contributed by atoms with Crippen LogP contribution >= 0.6 is 0 Å². The summed E-state index contributed by atoms with van der Waals surface area (Å²) in [5.74, 6) is 0. The van der Waals surface area contributed by atoms with Crippen molar-refractivity contribution in [2.45, 2.75) is 5.41 Å². The molecule has 0 fully saturated rings. The van der Waals surface area contributed by atoms with Gasteiger partial charge in [0.15, 0.2) is 0 Å². The summed E-state index contributed by atoms with van der Waals surface area (Å²) in [6.45, 7) is 0. The zero-order valence-corrected chi connectivity index (χ0v) is 31.1. The van der Waals surface area contributed by atoms with Crippen LogP contribution in [0.5, 0.6) is 0 Å². The first-order chi connectivity index (χ1) is 28.3. The SMILES string of the molecule is c1ccc2c(c1)-c1ccccc1C21c2ccc3ccccc3c2-c2c1c1ccc(-c3ccc(-c4cc5ccccc5c5ccccc45)cc3)cc1c1ccccc21. The Morgan fingerprint density at radius 3 is 1.53 bits per heavy atom. The van der Waals surface area contributed by atoms with Gasteiger partial charge in [-0.05, 0) is 133 Å². The molecule has 57 heavy (non-hydrogen) atoms. The lowest BCUT2D eigenvalue weighted by atomic mass is 9.69. The summed E-state index contributed by atoms with van der Waals surface area (Å²) in [6.07, 6.45) is 0. The van der Waals surface area contributed by atoms with E-state index < -0.39 is 5.41 Å². The van der Waals surface area contributed by atoms with E-state index in [2.05, 4.69) is 206 Å². The highest BCUT2D eigenvalue weighted by atomic mass is 14.5. The van der Waals surface area contributed by atoms with Crippen molar-refractivity contribution in [3.8, 4) is 44.5 Å². The van der Waals surface area contributed by atoms with Gasteiger partial charge in [0, 0.05) is 0 Å². The molecule has 0 aromatic heterocycles. The van der Waals surface area contributed by atoms with E-state index in [1.54, 1.807) is 0 Å². The highest BCUT2D eigenvalue weighted by molar-refractivity contribution is 6.23. The Morgan fingerprint density at radius 2 is 0.789 bits per heavy atom. The van der Waals surface area contributed by atoms with Crippen molar-refractivity contribution in [1.82, 2.24) is 0 Å². The van der Waals surface area contributed by atoms with E-state index in [4.69, 9.17) is 0 Å². The molecular formula is C57H34. The summed E-state index contributed by atoms with van der Waals surface area (Å²) in [4.78, 5) is 0. The van der Waals surface area contributed by atoms with Crippen molar-refractivity contribution in [3.05, 3.63) is 229 Å². The molecule has 13 rings (SSSR count). The molecule has 262 valence electrons. The van der Waals surface area contributed by atoms with Crippen molar-refractivity contribution >= 4 is 53.9 Å². The third kappa shape index (κ3) is 4.02. The molecule has 0 amide bonds. The highest BCUT2D eigenvalue weighted by Crippen LogP contribution is 2.66. The van der Waals surface area contributed by atoms with E-state index in [1.165, 1.54) is 121 Å². The maximum absolute atomic E-state index is 2.46. The normalized spacial score (nSPS) is 13.4. The lowest BCUT2D eigenvalue weighted by molar-refractivity contribution is 0.802. The first-order valence-electron chi connectivity index (χ1n) is 20.0. The number of hydrogen-bond acceptors (Lipinski definition) is 0. The molecule has 0 heteroatoms. The van der Waals surface area contributed by atoms with Crippen molar-refractivity contribution in [1.29, 1.82) is 0 Å². The van der Waals surface area contributed by atoms with Gasteiger partial charge >= 0.3 is 0 Å². The lowest BCUT2D eigenvalue weighted by Crippen LogP contribution is -2.26. The van der Waals surface area contributed by atoms with Crippen LogP contribution in [0.1, 0.15) is 22.3 Å². The van der Waals surface area contributed by atoms with Gasteiger partial charge in [-0.25, -0.2) is 0 Å². The first-order valence-corrected chi connectivity index (χ1v) is 20.0. The number of hydrogen-bond donors (Lipinski definition) is 0. The zero-order chi connectivity index (χ0) is 37.2. The van der Waals surface area contributed by atoms with Crippen LogP contribution in [0, 0.1) is 0 Å². The second-order valence-corrected chi connectivity index (χ2v) is 15.9. The monoisotopic (exact) mass is 718 g/mol. The van der Waals surface area contributed by atoms with Gasteiger partial charge < -0.3 is 0 Å². The quantitative estimate of drug-likeness (QED) is 0.156. The second-order valence-electron chi connectivity index (χ2n) is 15.9. The fourth-order valence-electron chi connectivity index (χ4n) is 10.9. The largest absolute Gasteiger partial charge is 0.0732 e. The molecule has 0 unspecified atom stereocenters. The van der Waals surface area contributed by atoms with E-state index in [-0.39, 0.29) is 0 Å². The molecule has 0 N–H and O–H groups in total. The highest BCUT2D eigenvalue weighted by Gasteiger charge is 2.53.